The zero-order valence-electron chi connectivity index (χ0n) is 14.7. The standard InChI is InChI=1S/C19H22ClN3O3/c1-13(24)22-11-14-6-9-23(10-7-14)18(25)12-26-17-5-4-16(20)15-3-2-8-21-19(15)17/h2-5,8,14H,6-7,9-12H2,1H3,(H,22,24). The Balaban J connectivity index is 1.54. The van der Waals surface area contributed by atoms with Crippen molar-refractivity contribution in [1.29, 1.82) is 0 Å². The van der Waals surface area contributed by atoms with E-state index in [4.69, 9.17) is 16.3 Å². The number of pyridine rings is 1. The monoisotopic (exact) mass is 375 g/mol. The lowest BCUT2D eigenvalue weighted by Gasteiger charge is -2.32. The summed E-state index contributed by atoms with van der Waals surface area (Å²) in [5, 5.41) is 4.25. The summed E-state index contributed by atoms with van der Waals surface area (Å²) in [5.74, 6) is 0.926. The molecular formula is C19H22ClN3O3. The molecule has 1 N–H and O–H groups in total. The molecule has 0 saturated carbocycles. The van der Waals surface area contributed by atoms with Gasteiger partial charge in [0, 0.05) is 38.1 Å². The van der Waals surface area contributed by atoms with Gasteiger partial charge < -0.3 is 15.0 Å². The highest BCUT2D eigenvalue weighted by Gasteiger charge is 2.23. The zero-order chi connectivity index (χ0) is 18.5. The molecule has 2 heterocycles. The maximum Gasteiger partial charge on any atom is 0.260 e. The third-order valence-corrected chi connectivity index (χ3v) is 4.97. The first kappa shape index (κ1) is 18.5. The van der Waals surface area contributed by atoms with Crippen molar-refractivity contribution in [3.63, 3.8) is 0 Å². The normalized spacial score (nSPS) is 15.1. The van der Waals surface area contributed by atoms with E-state index in [-0.39, 0.29) is 18.4 Å². The number of halogens is 1. The largest absolute Gasteiger partial charge is 0.481 e. The number of likely N-dealkylation sites (tertiary alicyclic amines) is 1. The molecule has 2 amide bonds. The molecule has 6 nitrogen and oxygen atoms in total. The highest BCUT2D eigenvalue weighted by molar-refractivity contribution is 6.35. The Bertz CT molecular complexity index is 804. The molecule has 1 fully saturated rings. The number of aromatic nitrogens is 1. The fourth-order valence-electron chi connectivity index (χ4n) is 3.13. The molecule has 3 rings (SSSR count). The summed E-state index contributed by atoms with van der Waals surface area (Å²) in [5.41, 5.74) is 0.654. The minimum absolute atomic E-state index is 0.0132. The summed E-state index contributed by atoms with van der Waals surface area (Å²) in [4.78, 5) is 29.5. The third kappa shape index (κ3) is 4.43. The number of carbonyl (C=O) groups excluding carboxylic acids is 2. The van der Waals surface area contributed by atoms with Crippen molar-refractivity contribution in [2.45, 2.75) is 19.8 Å². The number of piperidine rings is 1. The number of ether oxygens (including phenoxy) is 1. The van der Waals surface area contributed by atoms with Crippen LogP contribution in [0.5, 0.6) is 5.75 Å². The van der Waals surface area contributed by atoms with Crippen molar-refractivity contribution in [2.75, 3.05) is 26.2 Å². The summed E-state index contributed by atoms with van der Waals surface area (Å²) < 4.78 is 5.73. The van der Waals surface area contributed by atoms with Crippen LogP contribution in [-0.2, 0) is 9.59 Å². The average Bonchev–Trinajstić information content (AvgIpc) is 2.66. The van der Waals surface area contributed by atoms with Gasteiger partial charge in [0.05, 0.1) is 5.02 Å². The Kier molecular flexibility index (Phi) is 5.93. The molecule has 0 unspecified atom stereocenters. The Morgan fingerprint density at radius 2 is 2.08 bits per heavy atom. The van der Waals surface area contributed by atoms with Crippen LogP contribution in [-0.4, -0.2) is 47.9 Å². The summed E-state index contributed by atoms with van der Waals surface area (Å²) in [6.07, 6.45) is 3.45. The van der Waals surface area contributed by atoms with Gasteiger partial charge in [0.2, 0.25) is 5.91 Å². The molecule has 0 radical (unpaired) electrons. The first-order valence-corrected chi connectivity index (χ1v) is 9.10. The lowest BCUT2D eigenvalue weighted by atomic mass is 9.97. The fraction of sp³-hybridized carbons (Fsp3) is 0.421. The number of fused-ring (bicyclic) bond motifs is 1. The number of benzene rings is 1. The topological polar surface area (TPSA) is 71.5 Å². The van der Waals surface area contributed by atoms with E-state index < -0.39 is 0 Å². The van der Waals surface area contributed by atoms with Crippen molar-refractivity contribution in [3.8, 4) is 5.75 Å². The van der Waals surface area contributed by atoms with Crippen LogP contribution in [0, 0.1) is 5.92 Å². The summed E-state index contributed by atoms with van der Waals surface area (Å²) in [7, 11) is 0. The maximum atomic E-state index is 12.4. The van der Waals surface area contributed by atoms with Gasteiger partial charge in [-0.1, -0.05) is 11.6 Å². The van der Waals surface area contributed by atoms with Crippen molar-refractivity contribution in [3.05, 3.63) is 35.5 Å². The molecule has 1 saturated heterocycles. The Labute approximate surface area is 157 Å². The number of hydrogen-bond donors (Lipinski definition) is 1. The molecule has 0 atom stereocenters. The van der Waals surface area contributed by atoms with Crippen LogP contribution < -0.4 is 10.1 Å². The van der Waals surface area contributed by atoms with Gasteiger partial charge in [0.15, 0.2) is 6.61 Å². The van der Waals surface area contributed by atoms with Crippen LogP contribution in [0.25, 0.3) is 10.9 Å². The number of nitrogens with one attached hydrogen (secondary N) is 1. The Hall–Kier alpha value is -2.34. The van der Waals surface area contributed by atoms with Gasteiger partial charge in [-0.05, 0) is 43.0 Å². The second-order valence-corrected chi connectivity index (χ2v) is 6.90. The molecule has 1 aliphatic heterocycles. The number of rotatable bonds is 5. The van der Waals surface area contributed by atoms with Crippen molar-refractivity contribution in [2.24, 2.45) is 5.92 Å². The van der Waals surface area contributed by atoms with Gasteiger partial charge in [0.25, 0.3) is 5.91 Å². The van der Waals surface area contributed by atoms with Gasteiger partial charge in [-0.15, -0.1) is 0 Å². The van der Waals surface area contributed by atoms with E-state index in [1.807, 2.05) is 17.0 Å². The highest BCUT2D eigenvalue weighted by Crippen LogP contribution is 2.29. The molecule has 1 aromatic heterocycles. The first-order valence-electron chi connectivity index (χ1n) is 8.73. The molecule has 26 heavy (non-hydrogen) atoms. The number of carbonyl (C=O) groups is 2. The molecule has 1 aromatic carbocycles. The third-order valence-electron chi connectivity index (χ3n) is 4.64. The molecule has 138 valence electrons. The van der Waals surface area contributed by atoms with Crippen LogP contribution in [0.4, 0.5) is 0 Å². The molecule has 2 aromatic rings. The van der Waals surface area contributed by atoms with Gasteiger partial charge >= 0.3 is 0 Å². The molecule has 1 aliphatic rings. The number of hydrogen-bond acceptors (Lipinski definition) is 4. The molecular weight excluding hydrogens is 354 g/mol. The Morgan fingerprint density at radius 1 is 1.31 bits per heavy atom. The lowest BCUT2D eigenvalue weighted by molar-refractivity contribution is -0.134. The van der Waals surface area contributed by atoms with Crippen molar-refractivity contribution in [1.82, 2.24) is 15.2 Å². The number of nitrogens with zero attached hydrogens (tertiary/aromatic N) is 2. The van der Waals surface area contributed by atoms with Gasteiger partial charge in [-0.2, -0.15) is 0 Å². The van der Waals surface area contributed by atoms with E-state index in [9.17, 15) is 9.59 Å². The smallest absolute Gasteiger partial charge is 0.260 e. The maximum absolute atomic E-state index is 12.4. The van der Waals surface area contributed by atoms with Crippen LogP contribution in [0.15, 0.2) is 30.5 Å². The second-order valence-electron chi connectivity index (χ2n) is 6.50. The lowest BCUT2D eigenvalue weighted by Crippen LogP contribution is -2.43. The van der Waals surface area contributed by atoms with E-state index in [1.54, 1.807) is 18.3 Å². The average molecular weight is 376 g/mol. The molecule has 0 aliphatic carbocycles. The van der Waals surface area contributed by atoms with Crippen molar-refractivity contribution < 1.29 is 14.3 Å². The second kappa shape index (κ2) is 8.36. The van der Waals surface area contributed by atoms with Crippen molar-refractivity contribution >= 4 is 34.3 Å². The summed E-state index contributed by atoms with van der Waals surface area (Å²) in [6.45, 7) is 3.55. The quantitative estimate of drug-likeness (QED) is 0.872. The predicted molar refractivity (Wildman–Crippen MR) is 100 cm³/mol. The minimum Gasteiger partial charge on any atom is -0.481 e. The number of amides is 2. The Morgan fingerprint density at radius 3 is 2.81 bits per heavy atom. The molecule has 0 bridgehead atoms. The zero-order valence-corrected chi connectivity index (χ0v) is 15.5. The molecule has 7 heteroatoms. The SMILES string of the molecule is CC(=O)NCC1CCN(C(=O)COc2ccc(Cl)c3cccnc23)CC1. The van der Waals surface area contributed by atoms with Crippen LogP contribution >= 0.6 is 11.6 Å². The predicted octanol–water partition coefficient (Wildman–Crippen LogP) is 2.64. The van der Waals surface area contributed by atoms with E-state index in [1.165, 1.54) is 6.92 Å². The van der Waals surface area contributed by atoms with Gasteiger partial charge in [-0.3, -0.25) is 14.6 Å². The van der Waals surface area contributed by atoms with Gasteiger partial charge in [-0.25, -0.2) is 0 Å². The first-order chi connectivity index (χ1) is 12.5. The fourth-order valence-corrected chi connectivity index (χ4v) is 3.35. The highest BCUT2D eigenvalue weighted by atomic mass is 35.5. The van der Waals surface area contributed by atoms with Crippen LogP contribution in [0.1, 0.15) is 19.8 Å². The summed E-state index contributed by atoms with van der Waals surface area (Å²) >= 11 is 6.18. The minimum atomic E-state index is -0.0398. The van der Waals surface area contributed by atoms with E-state index in [2.05, 4.69) is 10.3 Å². The van der Waals surface area contributed by atoms with Crippen LogP contribution in [0.2, 0.25) is 5.02 Å². The molecule has 0 spiro atoms. The van der Waals surface area contributed by atoms with E-state index in [0.29, 0.717) is 41.8 Å². The summed E-state index contributed by atoms with van der Waals surface area (Å²) in [6, 6.07) is 7.18. The van der Waals surface area contributed by atoms with E-state index in [0.717, 1.165) is 18.2 Å². The van der Waals surface area contributed by atoms with Crippen LogP contribution in [0.3, 0.4) is 0 Å². The van der Waals surface area contributed by atoms with Gasteiger partial charge in [0.1, 0.15) is 11.3 Å². The van der Waals surface area contributed by atoms with E-state index >= 15 is 0 Å².